The summed E-state index contributed by atoms with van der Waals surface area (Å²) in [6, 6.07) is 13.5. The molecule has 0 aromatic heterocycles. The van der Waals surface area contributed by atoms with E-state index >= 15 is 0 Å². The van der Waals surface area contributed by atoms with E-state index in [9.17, 15) is 0 Å². The van der Waals surface area contributed by atoms with Gasteiger partial charge in [-0.15, -0.1) is 0 Å². The van der Waals surface area contributed by atoms with Gasteiger partial charge in [0, 0.05) is 70.1 Å². The third-order valence-corrected chi connectivity index (χ3v) is 5.16. The molecular weight excluding hydrogens is 356 g/mol. The van der Waals surface area contributed by atoms with Crippen LogP contribution in [0, 0.1) is 0 Å². The van der Waals surface area contributed by atoms with E-state index in [1.807, 2.05) is 25.2 Å². The lowest BCUT2D eigenvalue weighted by Gasteiger charge is -2.23. The SMILES string of the molecule is C/C=C(\CC)N(/C=C\NC)Cc1ccc2cc(CN3C=CN(C)C=C3)ccc2c1. The Labute approximate surface area is 175 Å². The minimum absolute atomic E-state index is 0.861. The van der Waals surface area contributed by atoms with Gasteiger partial charge >= 0.3 is 0 Å². The van der Waals surface area contributed by atoms with Gasteiger partial charge in [0.2, 0.25) is 0 Å². The van der Waals surface area contributed by atoms with Crippen molar-refractivity contribution in [2.45, 2.75) is 33.4 Å². The number of hydrogen-bond acceptors (Lipinski definition) is 4. The molecule has 0 atom stereocenters. The Bertz CT molecular complexity index is 925. The lowest BCUT2D eigenvalue weighted by molar-refractivity contribution is 0.441. The molecule has 1 aliphatic heterocycles. The molecule has 3 rings (SSSR count). The zero-order valence-electron chi connectivity index (χ0n) is 18.0. The van der Waals surface area contributed by atoms with Gasteiger partial charge in [0.15, 0.2) is 0 Å². The molecule has 0 saturated carbocycles. The summed E-state index contributed by atoms with van der Waals surface area (Å²) < 4.78 is 0. The van der Waals surface area contributed by atoms with Gasteiger partial charge in [-0.25, -0.2) is 0 Å². The Balaban J connectivity index is 1.77. The maximum Gasteiger partial charge on any atom is 0.0473 e. The van der Waals surface area contributed by atoms with Crippen molar-refractivity contribution in [1.29, 1.82) is 0 Å². The first-order valence-electron chi connectivity index (χ1n) is 10.2. The Kier molecular flexibility index (Phi) is 7.01. The van der Waals surface area contributed by atoms with Crippen LogP contribution in [0.15, 0.2) is 85.4 Å². The number of allylic oxidation sites excluding steroid dienone is 2. The zero-order chi connectivity index (χ0) is 20.6. The fraction of sp³-hybridized carbons (Fsp3) is 0.280. The monoisotopic (exact) mass is 388 g/mol. The molecule has 1 heterocycles. The quantitative estimate of drug-likeness (QED) is 0.659. The van der Waals surface area contributed by atoms with Gasteiger partial charge < -0.3 is 20.0 Å². The second-order valence-electron chi connectivity index (χ2n) is 7.32. The molecule has 1 aliphatic rings. The second-order valence-corrected chi connectivity index (χ2v) is 7.32. The van der Waals surface area contributed by atoms with Crippen LogP contribution in [0.5, 0.6) is 0 Å². The summed E-state index contributed by atoms with van der Waals surface area (Å²) in [5.74, 6) is 0. The van der Waals surface area contributed by atoms with Crippen LogP contribution in [0.4, 0.5) is 0 Å². The Morgan fingerprint density at radius 2 is 1.66 bits per heavy atom. The first-order valence-corrected chi connectivity index (χ1v) is 10.2. The number of benzene rings is 2. The lowest BCUT2D eigenvalue weighted by Crippen LogP contribution is -2.17. The molecule has 0 fully saturated rings. The van der Waals surface area contributed by atoms with Crippen molar-refractivity contribution in [2.75, 3.05) is 14.1 Å². The Morgan fingerprint density at radius 1 is 1.00 bits per heavy atom. The van der Waals surface area contributed by atoms with Crippen molar-refractivity contribution >= 4 is 10.8 Å². The average Bonchev–Trinajstić information content (AvgIpc) is 2.74. The molecule has 0 saturated heterocycles. The summed E-state index contributed by atoms with van der Waals surface area (Å²) in [5.41, 5.74) is 3.94. The van der Waals surface area contributed by atoms with Gasteiger partial charge in [-0.2, -0.15) is 0 Å². The summed E-state index contributed by atoms with van der Waals surface area (Å²) in [6.45, 7) is 6.04. The predicted molar refractivity (Wildman–Crippen MR) is 123 cm³/mol. The van der Waals surface area contributed by atoms with E-state index in [-0.39, 0.29) is 0 Å². The summed E-state index contributed by atoms with van der Waals surface area (Å²) >= 11 is 0. The molecule has 4 heteroatoms. The van der Waals surface area contributed by atoms with Crippen molar-refractivity contribution in [1.82, 2.24) is 20.0 Å². The van der Waals surface area contributed by atoms with Crippen LogP contribution < -0.4 is 5.32 Å². The van der Waals surface area contributed by atoms with Crippen molar-refractivity contribution in [3.63, 3.8) is 0 Å². The van der Waals surface area contributed by atoms with E-state index < -0.39 is 0 Å². The van der Waals surface area contributed by atoms with Gasteiger partial charge in [0.25, 0.3) is 0 Å². The fourth-order valence-corrected chi connectivity index (χ4v) is 3.52. The third kappa shape index (κ3) is 5.44. The van der Waals surface area contributed by atoms with Crippen LogP contribution in [0.3, 0.4) is 0 Å². The molecule has 0 unspecified atom stereocenters. The normalized spacial score (nSPS) is 14.3. The molecule has 4 nitrogen and oxygen atoms in total. The molecule has 0 bridgehead atoms. The molecule has 2 aromatic carbocycles. The summed E-state index contributed by atoms with van der Waals surface area (Å²) in [6.07, 6.45) is 15.6. The molecule has 0 radical (unpaired) electrons. The summed E-state index contributed by atoms with van der Waals surface area (Å²) in [4.78, 5) is 6.55. The summed E-state index contributed by atoms with van der Waals surface area (Å²) in [5, 5.41) is 5.66. The second kappa shape index (κ2) is 9.87. The van der Waals surface area contributed by atoms with Gasteiger partial charge in [-0.05, 0) is 47.4 Å². The molecule has 0 spiro atoms. The molecule has 152 valence electrons. The van der Waals surface area contributed by atoms with Crippen molar-refractivity contribution in [3.05, 3.63) is 96.5 Å². The first kappa shape index (κ1) is 20.6. The van der Waals surface area contributed by atoms with E-state index in [0.717, 1.165) is 19.5 Å². The number of rotatable bonds is 8. The fourth-order valence-electron chi connectivity index (χ4n) is 3.52. The molecule has 0 aliphatic carbocycles. The van der Waals surface area contributed by atoms with Crippen LogP contribution in [0.25, 0.3) is 10.8 Å². The van der Waals surface area contributed by atoms with E-state index in [0.29, 0.717) is 0 Å². The van der Waals surface area contributed by atoms with E-state index in [1.54, 1.807) is 0 Å². The molecule has 0 amide bonds. The summed E-state index contributed by atoms with van der Waals surface area (Å²) in [7, 11) is 3.96. The highest BCUT2D eigenvalue weighted by molar-refractivity contribution is 5.83. The zero-order valence-corrected chi connectivity index (χ0v) is 18.0. The molecular formula is C25H32N4. The first-order chi connectivity index (χ1) is 14.1. The predicted octanol–water partition coefficient (Wildman–Crippen LogP) is 5.34. The Hall–Kier alpha value is -3.14. The lowest BCUT2D eigenvalue weighted by atomic mass is 10.0. The van der Waals surface area contributed by atoms with Crippen molar-refractivity contribution < 1.29 is 0 Å². The third-order valence-electron chi connectivity index (χ3n) is 5.16. The van der Waals surface area contributed by atoms with Crippen molar-refractivity contribution in [3.8, 4) is 0 Å². The molecule has 2 aromatic rings. The van der Waals surface area contributed by atoms with Gasteiger partial charge in [0.1, 0.15) is 0 Å². The highest BCUT2D eigenvalue weighted by atomic mass is 15.2. The average molecular weight is 389 g/mol. The van der Waals surface area contributed by atoms with E-state index in [1.165, 1.54) is 27.6 Å². The van der Waals surface area contributed by atoms with Crippen LogP contribution in [-0.2, 0) is 13.1 Å². The van der Waals surface area contributed by atoms with Gasteiger partial charge in [-0.3, -0.25) is 0 Å². The minimum Gasteiger partial charge on any atom is -0.393 e. The molecule has 29 heavy (non-hydrogen) atoms. The van der Waals surface area contributed by atoms with Gasteiger partial charge in [0.05, 0.1) is 0 Å². The number of fused-ring (bicyclic) bond motifs is 1. The number of nitrogens with zero attached hydrogens (tertiary/aromatic N) is 3. The van der Waals surface area contributed by atoms with Crippen LogP contribution in [-0.4, -0.2) is 28.8 Å². The van der Waals surface area contributed by atoms with E-state index in [2.05, 4.69) is 102 Å². The Morgan fingerprint density at radius 3 is 2.28 bits per heavy atom. The highest BCUT2D eigenvalue weighted by Crippen LogP contribution is 2.22. The van der Waals surface area contributed by atoms with E-state index in [4.69, 9.17) is 0 Å². The number of nitrogens with one attached hydrogen (secondary N) is 1. The van der Waals surface area contributed by atoms with Crippen LogP contribution >= 0.6 is 0 Å². The maximum atomic E-state index is 3.09. The minimum atomic E-state index is 0.861. The van der Waals surface area contributed by atoms with Crippen molar-refractivity contribution in [2.24, 2.45) is 0 Å². The van der Waals surface area contributed by atoms with Crippen LogP contribution in [0.1, 0.15) is 31.4 Å². The number of hydrogen-bond donors (Lipinski definition) is 1. The highest BCUT2D eigenvalue weighted by Gasteiger charge is 2.07. The largest absolute Gasteiger partial charge is 0.393 e. The molecule has 1 N–H and O–H groups in total. The maximum absolute atomic E-state index is 3.09. The smallest absolute Gasteiger partial charge is 0.0473 e. The van der Waals surface area contributed by atoms with Gasteiger partial charge in [-0.1, -0.05) is 37.3 Å². The topological polar surface area (TPSA) is 21.8 Å². The van der Waals surface area contributed by atoms with Crippen LogP contribution in [0.2, 0.25) is 0 Å². The standard InChI is InChI=1S/C25H32N4/c1-5-25(6-2)29(12-11-26-3)20-22-8-10-23-17-21(7-9-24(23)18-22)19-28-15-13-27(4)14-16-28/h5,7-18,26H,6,19-20H2,1-4H3/b12-11-,25-5+.